The molecule has 0 unspecified atom stereocenters. The minimum atomic E-state index is -0.0149. The SMILES string of the molecule is COc1ccc(NC(=O)CCCCCC(=O)Nc2ccccc2)cc1. The second kappa shape index (κ2) is 10.1. The molecule has 2 N–H and O–H groups in total. The summed E-state index contributed by atoms with van der Waals surface area (Å²) in [5.74, 6) is 0.750. The number of ether oxygens (including phenoxy) is 1. The van der Waals surface area contributed by atoms with Crippen LogP contribution in [0.25, 0.3) is 0 Å². The number of hydrogen-bond donors (Lipinski definition) is 2. The maximum Gasteiger partial charge on any atom is 0.224 e. The number of unbranched alkanes of at least 4 members (excludes halogenated alkanes) is 2. The second-order valence-corrected chi connectivity index (χ2v) is 5.75. The van der Waals surface area contributed by atoms with Crippen LogP contribution < -0.4 is 15.4 Å². The fraction of sp³-hybridized carbons (Fsp3) is 0.300. The van der Waals surface area contributed by atoms with Gasteiger partial charge in [-0.1, -0.05) is 24.6 Å². The van der Waals surface area contributed by atoms with Gasteiger partial charge < -0.3 is 15.4 Å². The predicted molar refractivity (Wildman–Crippen MR) is 99.8 cm³/mol. The van der Waals surface area contributed by atoms with Crippen LogP contribution in [0.15, 0.2) is 54.6 Å². The van der Waals surface area contributed by atoms with E-state index in [0.717, 1.165) is 36.4 Å². The van der Waals surface area contributed by atoms with E-state index in [1.807, 2.05) is 42.5 Å². The van der Waals surface area contributed by atoms with E-state index in [0.29, 0.717) is 12.8 Å². The van der Waals surface area contributed by atoms with Crippen LogP contribution in [0.5, 0.6) is 5.75 Å². The summed E-state index contributed by atoms with van der Waals surface area (Å²) >= 11 is 0. The Bertz CT molecular complexity index is 669. The molecule has 0 spiro atoms. The number of rotatable bonds is 9. The first kappa shape index (κ1) is 18.5. The van der Waals surface area contributed by atoms with Crippen LogP contribution in [0.4, 0.5) is 11.4 Å². The molecular weight excluding hydrogens is 316 g/mol. The van der Waals surface area contributed by atoms with Gasteiger partial charge in [0, 0.05) is 24.2 Å². The highest BCUT2D eigenvalue weighted by Gasteiger charge is 2.05. The fourth-order valence-electron chi connectivity index (χ4n) is 2.39. The smallest absolute Gasteiger partial charge is 0.224 e. The van der Waals surface area contributed by atoms with Gasteiger partial charge in [0.1, 0.15) is 5.75 Å². The molecule has 0 aliphatic heterocycles. The zero-order valence-corrected chi connectivity index (χ0v) is 14.5. The third-order valence-electron chi connectivity index (χ3n) is 3.74. The van der Waals surface area contributed by atoms with Crippen molar-refractivity contribution < 1.29 is 14.3 Å². The van der Waals surface area contributed by atoms with E-state index in [9.17, 15) is 9.59 Å². The van der Waals surface area contributed by atoms with E-state index < -0.39 is 0 Å². The Hall–Kier alpha value is -2.82. The van der Waals surface area contributed by atoms with Crippen LogP contribution >= 0.6 is 0 Å². The van der Waals surface area contributed by atoms with Crippen molar-refractivity contribution in [1.29, 1.82) is 0 Å². The van der Waals surface area contributed by atoms with E-state index in [2.05, 4.69) is 10.6 Å². The molecule has 2 amide bonds. The second-order valence-electron chi connectivity index (χ2n) is 5.75. The van der Waals surface area contributed by atoms with E-state index in [1.54, 1.807) is 19.2 Å². The molecule has 0 fully saturated rings. The molecule has 2 rings (SSSR count). The number of anilines is 2. The van der Waals surface area contributed by atoms with Crippen molar-refractivity contribution in [3.05, 3.63) is 54.6 Å². The topological polar surface area (TPSA) is 67.4 Å². The quantitative estimate of drug-likeness (QED) is 0.672. The highest BCUT2D eigenvalue weighted by Crippen LogP contribution is 2.15. The van der Waals surface area contributed by atoms with Crippen LogP contribution in [0.1, 0.15) is 32.1 Å². The lowest BCUT2D eigenvalue weighted by Gasteiger charge is -2.07. The summed E-state index contributed by atoms with van der Waals surface area (Å²) in [6.45, 7) is 0. The number of hydrogen-bond acceptors (Lipinski definition) is 3. The van der Waals surface area contributed by atoms with Crippen LogP contribution in [0.3, 0.4) is 0 Å². The molecule has 0 saturated carbocycles. The third-order valence-corrected chi connectivity index (χ3v) is 3.74. The molecule has 0 aliphatic carbocycles. The summed E-state index contributed by atoms with van der Waals surface area (Å²) in [6.07, 6.45) is 3.30. The molecule has 25 heavy (non-hydrogen) atoms. The molecule has 5 nitrogen and oxygen atoms in total. The predicted octanol–water partition coefficient (Wildman–Crippen LogP) is 4.22. The lowest BCUT2D eigenvalue weighted by Crippen LogP contribution is -2.12. The Morgan fingerprint density at radius 2 is 1.28 bits per heavy atom. The van der Waals surface area contributed by atoms with Crippen molar-refractivity contribution in [2.24, 2.45) is 0 Å². The lowest BCUT2D eigenvalue weighted by atomic mass is 10.1. The van der Waals surface area contributed by atoms with E-state index in [4.69, 9.17) is 4.74 Å². The number of methoxy groups -OCH3 is 1. The van der Waals surface area contributed by atoms with Crippen LogP contribution in [-0.4, -0.2) is 18.9 Å². The molecule has 0 bridgehead atoms. The highest BCUT2D eigenvalue weighted by molar-refractivity contribution is 5.91. The molecule has 0 aromatic heterocycles. The van der Waals surface area contributed by atoms with Crippen LogP contribution in [0, 0.1) is 0 Å². The number of amides is 2. The zero-order valence-electron chi connectivity index (χ0n) is 14.5. The first-order valence-corrected chi connectivity index (χ1v) is 8.46. The minimum absolute atomic E-state index is 0.00823. The number of nitrogens with one attached hydrogen (secondary N) is 2. The van der Waals surface area contributed by atoms with Gasteiger partial charge in [-0.15, -0.1) is 0 Å². The maximum atomic E-state index is 11.9. The van der Waals surface area contributed by atoms with Gasteiger partial charge in [-0.25, -0.2) is 0 Å². The van der Waals surface area contributed by atoms with Gasteiger partial charge in [-0.05, 0) is 49.2 Å². The first-order chi connectivity index (χ1) is 12.2. The highest BCUT2D eigenvalue weighted by atomic mass is 16.5. The molecule has 0 radical (unpaired) electrons. The average Bonchev–Trinajstić information content (AvgIpc) is 2.63. The van der Waals surface area contributed by atoms with E-state index >= 15 is 0 Å². The molecule has 2 aromatic rings. The van der Waals surface area contributed by atoms with E-state index in [-0.39, 0.29) is 11.8 Å². The zero-order chi connectivity index (χ0) is 17.9. The third kappa shape index (κ3) is 7.08. The van der Waals surface area contributed by atoms with Gasteiger partial charge in [0.05, 0.1) is 7.11 Å². The number of carbonyl (C=O) groups is 2. The van der Waals surface area contributed by atoms with Crippen molar-refractivity contribution in [3.63, 3.8) is 0 Å². The molecule has 132 valence electrons. The summed E-state index contributed by atoms with van der Waals surface area (Å²) in [5, 5.41) is 5.71. The molecule has 2 aromatic carbocycles. The summed E-state index contributed by atoms with van der Waals surface area (Å²) < 4.78 is 5.08. The van der Waals surface area contributed by atoms with Gasteiger partial charge in [0.2, 0.25) is 11.8 Å². The Morgan fingerprint density at radius 3 is 1.80 bits per heavy atom. The molecule has 0 saturated heterocycles. The van der Waals surface area contributed by atoms with Crippen molar-refractivity contribution in [2.75, 3.05) is 17.7 Å². The Balaban J connectivity index is 1.57. The van der Waals surface area contributed by atoms with Gasteiger partial charge in [-0.2, -0.15) is 0 Å². The standard InChI is InChI=1S/C20H24N2O3/c1-25-18-14-12-17(13-15-18)22-20(24)11-7-3-6-10-19(23)21-16-8-4-2-5-9-16/h2,4-5,8-9,12-15H,3,6-7,10-11H2,1H3,(H,21,23)(H,22,24). The number of para-hydroxylation sites is 1. The Morgan fingerprint density at radius 1 is 0.760 bits per heavy atom. The Labute approximate surface area is 148 Å². The summed E-state index contributed by atoms with van der Waals surface area (Å²) in [4.78, 5) is 23.7. The lowest BCUT2D eigenvalue weighted by molar-refractivity contribution is -0.116. The van der Waals surface area contributed by atoms with Crippen LogP contribution in [0.2, 0.25) is 0 Å². The van der Waals surface area contributed by atoms with Gasteiger partial charge >= 0.3 is 0 Å². The summed E-state index contributed by atoms with van der Waals surface area (Å²) in [7, 11) is 1.60. The maximum absolute atomic E-state index is 11.9. The van der Waals surface area contributed by atoms with Crippen molar-refractivity contribution in [2.45, 2.75) is 32.1 Å². The minimum Gasteiger partial charge on any atom is -0.497 e. The molecule has 0 aliphatic rings. The first-order valence-electron chi connectivity index (χ1n) is 8.46. The van der Waals surface area contributed by atoms with Crippen molar-refractivity contribution in [1.82, 2.24) is 0 Å². The fourth-order valence-corrected chi connectivity index (χ4v) is 2.39. The van der Waals surface area contributed by atoms with Gasteiger partial charge in [0.15, 0.2) is 0 Å². The summed E-state index contributed by atoms with van der Waals surface area (Å²) in [6, 6.07) is 16.6. The summed E-state index contributed by atoms with van der Waals surface area (Å²) in [5.41, 5.74) is 1.57. The van der Waals surface area contributed by atoms with Gasteiger partial charge in [0.25, 0.3) is 0 Å². The molecule has 0 heterocycles. The average molecular weight is 340 g/mol. The van der Waals surface area contributed by atoms with Gasteiger partial charge in [-0.3, -0.25) is 9.59 Å². The monoisotopic (exact) mass is 340 g/mol. The molecule has 0 atom stereocenters. The molecular formula is C20H24N2O3. The van der Waals surface area contributed by atoms with Crippen molar-refractivity contribution >= 4 is 23.2 Å². The van der Waals surface area contributed by atoms with E-state index in [1.165, 1.54) is 0 Å². The normalized spacial score (nSPS) is 10.1. The van der Waals surface area contributed by atoms with Crippen LogP contribution in [-0.2, 0) is 9.59 Å². The Kier molecular flexibility index (Phi) is 7.50. The number of benzene rings is 2. The van der Waals surface area contributed by atoms with Crippen molar-refractivity contribution in [3.8, 4) is 5.75 Å². The molecule has 5 heteroatoms. The largest absolute Gasteiger partial charge is 0.497 e. The number of carbonyl (C=O) groups excluding carboxylic acids is 2.